The quantitative estimate of drug-likeness (QED) is 0.0875. The van der Waals surface area contributed by atoms with Crippen molar-refractivity contribution in [1.29, 1.82) is 0 Å². The van der Waals surface area contributed by atoms with E-state index in [2.05, 4.69) is 23.3 Å². The van der Waals surface area contributed by atoms with E-state index < -0.39 is 66.9 Å². The van der Waals surface area contributed by atoms with Crippen molar-refractivity contribution >= 4 is 42.3 Å². The van der Waals surface area contributed by atoms with Crippen LogP contribution in [0.4, 0.5) is 0 Å². The lowest BCUT2D eigenvalue weighted by molar-refractivity contribution is -0.144. The zero-order chi connectivity index (χ0) is 23.3. The van der Waals surface area contributed by atoms with E-state index in [0.717, 1.165) is 0 Å². The Bertz CT molecular complexity index is 620. The number of nitrogens with two attached hydrogens (primary N) is 2. The van der Waals surface area contributed by atoms with E-state index in [4.69, 9.17) is 26.8 Å². The van der Waals surface area contributed by atoms with Gasteiger partial charge >= 0.3 is 11.9 Å². The Balaban J connectivity index is 5.10. The Kier molecular flexibility index (Phi) is 13.4. The third kappa shape index (κ3) is 10.4. The van der Waals surface area contributed by atoms with Crippen LogP contribution in [0.25, 0.3) is 0 Å². The van der Waals surface area contributed by atoms with Gasteiger partial charge in [-0.1, -0.05) is 6.42 Å². The molecular formula is C16H29N5O8S. The van der Waals surface area contributed by atoms with Gasteiger partial charge in [0.1, 0.15) is 18.1 Å². The molecule has 14 heteroatoms. The largest absolute Gasteiger partial charge is 0.481 e. The van der Waals surface area contributed by atoms with Crippen molar-refractivity contribution in [3.05, 3.63) is 0 Å². The summed E-state index contributed by atoms with van der Waals surface area (Å²) >= 11 is 3.90. The first-order valence-corrected chi connectivity index (χ1v) is 9.73. The number of aliphatic hydroxyl groups is 1. The lowest BCUT2D eigenvalue weighted by Crippen LogP contribution is -2.58. The second-order valence-electron chi connectivity index (χ2n) is 6.38. The first-order chi connectivity index (χ1) is 14.1. The summed E-state index contributed by atoms with van der Waals surface area (Å²) in [5, 5.41) is 33.3. The van der Waals surface area contributed by atoms with Gasteiger partial charge in [-0.3, -0.25) is 19.2 Å². The van der Waals surface area contributed by atoms with Gasteiger partial charge in [-0.05, 0) is 19.4 Å². The molecule has 0 rings (SSSR count). The van der Waals surface area contributed by atoms with Crippen LogP contribution in [0.15, 0.2) is 0 Å². The Labute approximate surface area is 178 Å². The van der Waals surface area contributed by atoms with E-state index in [1.807, 2.05) is 5.32 Å². The van der Waals surface area contributed by atoms with E-state index in [-0.39, 0.29) is 12.2 Å². The predicted octanol–water partition coefficient (Wildman–Crippen LogP) is -3.62. The molecule has 4 atom stereocenters. The highest BCUT2D eigenvalue weighted by molar-refractivity contribution is 7.80. The Morgan fingerprint density at radius 3 is 1.87 bits per heavy atom. The second kappa shape index (κ2) is 14.5. The van der Waals surface area contributed by atoms with Gasteiger partial charge in [0.2, 0.25) is 17.7 Å². The number of thiol groups is 1. The maximum Gasteiger partial charge on any atom is 0.328 e. The number of carboxylic acid groups (broad SMARTS) is 2. The maximum atomic E-state index is 12.4. The molecular weight excluding hydrogens is 422 g/mol. The molecule has 172 valence electrons. The summed E-state index contributed by atoms with van der Waals surface area (Å²) in [5.41, 5.74) is 11.1. The molecule has 0 aromatic carbocycles. The minimum absolute atomic E-state index is 0.262. The number of amides is 3. The van der Waals surface area contributed by atoms with Crippen LogP contribution in [-0.4, -0.2) is 88.1 Å². The smallest absolute Gasteiger partial charge is 0.328 e. The average Bonchev–Trinajstić information content (AvgIpc) is 2.68. The van der Waals surface area contributed by atoms with E-state index >= 15 is 0 Å². The summed E-state index contributed by atoms with van der Waals surface area (Å²) < 4.78 is 0. The van der Waals surface area contributed by atoms with Gasteiger partial charge in [0, 0.05) is 5.75 Å². The van der Waals surface area contributed by atoms with Crippen molar-refractivity contribution in [2.45, 2.75) is 49.9 Å². The fraction of sp³-hybridized carbons (Fsp3) is 0.688. The number of hydrogen-bond donors (Lipinski definition) is 9. The molecule has 0 aliphatic heterocycles. The summed E-state index contributed by atoms with van der Waals surface area (Å²) in [4.78, 5) is 58.7. The van der Waals surface area contributed by atoms with Gasteiger partial charge in [-0.25, -0.2) is 4.79 Å². The Morgan fingerprint density at radius 1 is 0.867 bits per heavy atom. The number of nitrogens with one attached hydrogen (secondary N) is 3. The van der Waals surface area contributed by atoms with Crippen molar-refractivity contribution in [3.8, 4) is 0 Å². The first kappa shape index (κ1) is 27.6. The normalized spacial score (nSPS) is 14.7. The van der Waals surface area contributed by atoms with Gasteiger partial charge in [0.05, 0.1) is 19.1 Å². The van der Waals surface area contributed by atoms with Crippen molar-refractivity contribution in [2.24, 2.45) is 11.5 Å². The topological polar surface area (TPSA) is 234 Å². The van der Waals surface area contributed by atoms with Crippen LogP contribution >= 0.6 is 12.6 Å². The lowest BCUT2D eigenvalue weighted by atomic mass is 10.1. The number of aliphatic carboxylic acids is 2. The molecule has 0 saturated heterocycles. The summed E-state index contributed by atoms with van der Waals surface area (Å²) in [5.74, 6) is -5.84. The highest BCUT2D eigenvalue weighted by Crippen LogP contribution is 2.02. The lowest BCUT2D eigenvalue weighted by Gasteiger charge is -2.23. The zero-order valence-corrected chi connectivity index (χ0v) is 17.1. The molecule has 0 aliphatic rings. The average molecular weight is 452 g/mol. The minimum atomic E-state index is -1.60. The summed E-state index contributed by atoms with van der Waals surface area (Å²) in [6.45, 7) is -0.460. The third-order valence-corrected chi connectivity index (χ3v) is 4.30. The van der Waals surface area contributed by atoms with Crippen LogP contribution < -0.4 is 27.4 Å². The van der Waals surface area contributed by atoms with Gasteiger partial charge in [-0.2, -0.15) is 12.6 Å². The van der Waals surface area contributed by atoms with E-state index in [1.54, 1.807) is 0 Å². The van der Waals surface area contributed by atoms with Crippen LogP contribution in [0, 0.1) is 0 Å². The number of unbranched alkanes of at least 4 members (excludes halogenated alkanes) is 1. The fourth-order valence-corrected chi connectivity index (χ4v) is 2.48. The van der Waals surface area contributed by atoms with Crippen LogP contribution in [0.3, 0.4) is 0 Å². The van der Waals surface area contributed by atoms with Crippen molar-refractivity contribution in [1.82, 2.24) is 16.0 Å². The molecule has 0 aromatic rings. The van der Waals surface area contributed by atoms with Gasteiger partial charge < -0.3 is 42.7 Å². The second-order valence-corrected chi connectivity index (χ2v) is 6.74. The fourth-order valence-electron chi connectivity index (χ4n) is 2.23. The molecule has 0 aliphatic carbocycles. The Hall–Kier alpha value is -2.42. The molecule has 0 fully saturated rings. The summed E-state index contributed by atoms with van der Waals surface area (Å²) in [6.07, 6.45) is 0.717. The standard InChI is InChI=1S/C16H29N5O8S/c17-4-2-1-3-8(18)13(25)19-9(5-12(23)24)14(26)21-11(7-30)15(27)20-10(6-22)16(28)29/h8-11,22,30H,1-7,17-18H2,(H,19,25)(H,20,27)(H,21,26)(H,23,24)(H,28,29). The van der Waals surface area contributed by atoms with Crippen molar-refractivity contribution in [2.75, 3.05) is 18.9 Å². The number of carbonyl (C=O) groups excluding carboxylic acids is 3. The third-order valence-electron chi connectivity index (χ3n) is 3.93. The maximum absolute atomic E-state index is 12.4. The number of aliphatic hydroxyl groups excluding tert-OH is 1. The summed E-state index contributed by atoms with van der Waals surface area (Å²) in [7, 11) is 0. The van der Waals surface area contributed by atoms with E-state index in [9.17, 15) is 24.0 Å². The molecule has 0 heterocycles. The molecule has 3 amide bonds. The molecule has 0 bridgehead atoms. The molecule has 0 saturated carbocycles. The van der Waals surface area contributed by atoms with Crippen LogP contribution in [0.1, 0.15) is 25.7 Å². The molecule has 0 aromatic heterocycles. The van der Waals surface area contributed by atoms with E-state index in [1.165, 1.54) is 0 Å². The van der Waals surface area contributed by atoms with Gasteiger partial charge in [-0.15, -0.1) is 0 Å². The summed E-state index contributed by atoms with van der Waals surface area (Å²) in [6, 6.07) is -5.46. The molecule has 13 nitrogen and oxygen atoms in total. The van der Waals surface area contributed by atoms with Crippen molar-refractivity contribution in [3.63, 3.8) is 0 Å². The minimum Gasteiger partial charge on any atom is -0.481 e. The highest BCUT2D eigenvalue weighted by Gasteiger charge is 2.30. The molecule has 0 spiro atoms. The molecule has 30 heavy (non-hydrogen) atoms. The van der Waals surface area contributed by atoms with E-state index in [0.29, 0.717) is 19.4 Å². The number of hydrogen-bond acceptors (Lipinski definition) is 9. The Morgan fingerprint density at radius 2 is 1.40 bits per heavy atom. The molecule has 10 N–H and O–H groups in total. The highest BCUT2D eigenvalue weighted by atomic mass is 32.1. The number of carbonyl (C=O) groups is 5. The van der Waals surface area contributed by atoms with Gasteiger partial charge in [0.15, 0.2) is 0 Å². The number of rotatable bonds is 15. The molecule has 0 radical (unpaired) electrons. The van der Waals surface area contributed by atoms with Crippen molar-refractivity contribution < 1.29 is 39.3 Å². The molecule has 4 unspecified atom stereocenters. The SMILES string of the molecule is NCCCCC(N)C(=O)NC(CC(=O)O)C(=O)NC(CS)C(=O)NC(CO)C(=O)O. The van der Waals surface area contributed by atoms with Crippen LogP contribution in [-0.2, 0) is 24.0 Å². The van der Waals surface area contributed by atoms with Crippen LogP contribution in [0.2, 0.25) is 0 Å². The predicted molar refractivity (Wildman–Crippen MR) is 108 cm³/mol. The van der Waals surface area contributed by atoms with Gasteiger partial charge in [0.25, 0.3) is 0 Å². The monoisotopic (exact) mass is 451 g/mol. The zero-order valence-electron chi connectivity index (χ0n) is 16.2. The number of carboxylic acids is 2. The first-order valence-electron chi connectivity index (χ1n) is 9.10. The van der Waals surface area contributed by atoms with Crippen LogP contribution in [0.5, 0.6) is 0 Å².